The Labute approximate surface area is 182 Å². The standard InChI is InChI=1S/C19H24FN3O3S.HI/c1-21-19(23(2)13-14-26-16-8-4-3-5-9-16)22-12-15-27(24,25)18-11-7-6-10-17(18)20;/h3-11H,12-15H2,1-2H3,(H,21,22);1H. The first kappa shape index (κ1) is 24.2. The lowest BCUT2D eigenvalue weighted by atomic mass is 10.3. The minimum atomic E-state index is -3.71. The molecule has 0 saturated carbocycles. The summed E-state index contributed by atoms with van der Waals surface area (Å²) in [4.78, 5) is 5.68. The lowest BCUT2D eigenvalue weighted by Crippen LogP contribution is -2.42. The van der Waals surface area contributed by atoms with Gasteiger partial charge in [0.05, 0.1) is 12.3 Å². The van der Waals surface area contributed by atoms with E-state index in [9.17, 15) is 12.8 Å². The van der Waals surface area contributed by atoms with E-state index in [1.54, 1.807) is 7.05 Å². The zero-order valence-electron chi connectivity index (χ0n) is 15.8. The summed E-state index contributed by atoms with van der Waals surface area (Å²) in [6.07, 6.45) is 0. The number of halogens is 2. The Morgan fingerprint density at radius 1 is 1.14 bits per heavy atom. The molecule has 0 amide bonds. The fourth-order valence-electron chi connectivity index (χ4n) is 2.41. The third-order valence-corrected chi connectivity index (χ3v) is 5.58. The SMILES string of the molecule is CN=C(NCCS(=O)(=O)c1ccccc1F)N(C)CCOc1ccccc1.I. The van der Waals surface area contributed by atoms with Crippen LogP contribution in [0.25, 0.3) is 0 Å². The summed E-state index contributed by atoms with van der Waals surface area (Å²) >= 11 is 0. The van der Waals surface area contributed by atoms with Crippen molar-refractivity contribution in [3.63, 3.8) is 0 Å². The summed E-state index contributed by atoms with van der Waals surface area (Å²) in [5, 5.41) is 2.98. The van der Waals surface area contributed by atoms with E-state index in [1.807, 2.05) is 42.3 Å². The van der Waals surface area contributed by atoms with Crippen molar-refractivity contribution in [3.05, 3.63) is 60.4 Å². The van der Waals surface area contributed by atoms with E-state index in [0.29, 0.717) is 19.1 Å². The van der Waals surface area contributed by atoms with Crippen LogP contribution in [0.2, 0.25) is 0 Å². The van der Waals surface area contributed by atoms with Crippen LogP contribution in [-0.2, 0) is 9.84 Å². The van der Waals surface area contributed by atoms with Crippen molar-refractivity contribution in [1.29, 1.82) is 0 Å². The quantitative estimate of drug-likeness (QED) is 0.329. The van der Waals surface area contributed by atoms with Gasteiger partial charge in [-0.3, -0.25) is 4.99 Å². The summed E-state index contributed by atoms with van der Waals surface area (Å²) < 4.78 is 43.9. The molecule has 0 unspecified atom stereocenters. The van der Waals surface area contributed by atoms with Gasteiger partial charge in [0.15, 0.2) is 15.8 Å². The maximum atomic E-state index is 13.7. The van der Waals surface area contributed by atoms with Crippen molar-refractivity contribution in [2.45, 2.75) is 4.90 Å². The molecule has 6 nitrogen and oxygen atoms in total. The Morgan fingerprint density at radius 3 is 2.43 bits per heavy atom. The molecular formula is C19H25FIN3O3S. The maximum Gasteiger partial charge on any atom is 0.193 e. The van der Waals surface area contributed by atoms with E-state index in [0.717, 1.165) is 11.8 Å². The summed E-state index contributed by atoms with van der Waals surface area (Å²) in [6.45, 7) is 1.14. The van der Waals surface area contributed by atoms with E-state index in [4.69, 9.17) is 4.74 Å². The molecule has 2 aromatic carbocycles. The van der Waals surface area contributed by atoms with E-state index in [2.05, 4.69) is 10.3 Å². The van der Waals surface area contributed by atoms with Gasteiger partial charge >= 0.3 is 0 Å². The smallest absolute Gasteiger partial charge is 0.193 e. The van der Waals surface area contributed by atoms with Gasteiger partial charge in [0, 0.05) is 20.6 Å². The summed E-state index contributed by atoms with van der Waals surface area (Å²) in [6, 6.07) is 14.8. The van der Waals surface area contributed by atoms with Gasteiger partial charge in [-0.15, -0.1) is 24.0 Å². The first-order chi connectivity index (χ1) is 12.9. The van der Waals surface area contributed by atoms with Crippen molar-refractivity contribution in [1.82, 2.24) is 10.2 Å². The third kappa shape index (κ3) is 7.27. The zero-order valence-corrected chi connectivity index (χ0v) is 19.0. The lowest BCUT2D eigenvalue weighted by Gasteiger charge is -2.22. The molecule has 1 N–H and O–H groups in total. The van der Waals surface area contributed by atoms with Crippen LogP contribution >= 0.6 is 24.0 Å². The molecule has 28 heavy (non-hydrogen) atoms. The number of benzene rings is 2. The maximum absolute atomic E-state index is 13.7. The van der Waals surface area contributed by atoms with Crippen molar-refractivity contribution < 1.29 is 17.5 Å². The minimum Gasteiger partial charge on any atom is -0.492 e. The van der Waals surface area contributed by atoms with Crippen LogP contribution < -0.4 is 10.1 Å². The number of para-hydroxylation sites is 1. The first-order valence-electron chi connectivity index (χ1n) is 8.51. The Kier molecular flexibility index (Phi) is 10.2. The van der Waals surface area contributed by atoms with E-state index >= 15 is 0 Å². The number of hydrogen-bond donors (Lipinski definition) is 1. The molecule has 2 rings (SSSR count). The van der Waals surface area contributed by atoms with Crippen LogP contribution in [0.15, 0.2) is 64.5 Å². The Morgan fingerprint density at radius 2 is 1.79 bits per heavy atom. The zero-order chi connectivity index (χ0) is 19.7. The number of ether oxygens (including phenoxy) is 1. The van der Waals surface area contributed by atoms with Crippen molar-refractivity contribution in [3.8, 4) is 5.75 Å². The molecule has 0 bridgehead atoms. The van der Waals surface area contributed by atoms with Gasteiger partial charge in [-0.05, 0) is 24.3 Å². The van der Waals surface area contributed by atoms with Crippen LogP contribution in [0.4, 0.5) is 4.39 Å². The second kappa shape index (κ2) is 11.8. The summed E-state index contributed by atoms with van der Waals surface area (Å²) in [7, 11) is -0.267. The highest BCUT2D eigenvalue weighted by atomic mass is 127. The van der Waals surface area contributed by atoms with Crippen molar-refractivity contribution in [2.75, 3.05) is 39.5 Å². The summed E-state index contributed by atoms with van der Waals surface area (Å²) in [5.41, 5.74) is 0. The molecule has 0 aliphatic heterocycles. The Hall–Kier alpha value is -1.88. The fraction of sp³-hybridized carbons (Fsp3) is 0.316. The van der Waals surface area contributed by atoms with Crippen LogP contribution in [0, 0.1) is 5.82 Å². The van der Waals surface area contributed by atoms with Crippen LogP contribution in [0.3, 0.4) is 0 Å². The van der Waals surface area contributed by atoms with E-state index in [1.165, 1.54) is 18.2 Å². The molecule has 0 radical (unpaired) electrons. The van der Waals surface area contributed by atoms with E-state index in [-0.39, 0.29) is 41.2 Å². The number of nitrogens with zero attached hydrogens (tertiary/aromatic N) is 2. The number of hydrogen-bond acceptors (Lipinski definition) is 4. The minimum absolute atomic E-state index is 0. The topological polar surface area (TPSA) is 71.0 Å². The molecule has 0 aliphatic carbocycles. The van der Waals surface area contributed by atoms with Crippen LogP contribution in [0.5, 0.6) is 5.75 Å². The van der Waals surface area contributed by atoms with Crippen LogP contribution in [-0.4, -0.2) is 58.8 Å². The number of rotatable bonds is 8. The molecule has 0 spiro atoms. The third-order valence-electron chi connectivity index (χ3n) is 3.84. The number of aliphatic imine (C=N–C) groups is 1. The first-order valence-corrected chi connectivity index (χ1v) is 10.2. The number of guanidine groups is 1. The van der Waals surface area contributed by atoms with Crippen molar-refractivity contribution in [2.24, 2.45) is 4.99 Å². The number of likely N-dealkylation sites (N-methyl/N-ethyl adjacent to an activating group) is 1. The van der Waals surface area contributed by atoms with Gasteiger partial charge in [0.1, 0.15) is 23.1 Å². The van der Waals surface area contributed by atoms with Gasteiger partial charge in [0.25, 0.3) is 0 Å². The highest BCUT2D eigenvalue weighted by molar-refractivity contribution is 14.0. The fourth-order valence-corrected chi connectivity index (χ4v) is 3.65. The van der Waals surface area contributed by atoms with Crippen molar-refractivity contribution >= 4 is 39.8 Å². The molecule has 0 atom stereocenters. The Bertz CT molecular complexity index is 864. The van der Waals surface area contributed by atoms with Gasteiger partial charge in [-0.2, -0.15) is 0 Å². The van der Waals surface area contributed by atoms with Gasteiger partial charge in [0.2, 0.25) is 0 Å². The second-order valence-corrected chi connectivity index (χ2v) is 7.88. The average Bonchev–Trinajstić information content (AvgIpc) is 2.66. The second-order valence-electron chi connectivity index (χ2n) is 5.81. The molecule has 0 heterocycles. The normalized spacial score (nSPS) is 11.5. The predicted octanol–water partition coefficient (Wildman–Crippen LogP) is 2.80. The lowest BCUT2D eigenvalue weighted by molar-refractivity contribution is 0.281. The van der Waals surface area contributed by atoms with Crippen LogP contribution in [0.1, 0.15) is 0 Å². The highest BCUT2D eigenvalue weighted by Crippen LogP contribution is 2.14. The molecular weight excluding hydrogens is 496 g/mol. The molecule has 9 heteroatoms. The predicted molar refractivity (Wildman–Crippen MR) is 120 cm³/mol. The van der Waals surface area contributed by atoms with Gasteiger partial charge in [-0.1, -0.05) is 30.3 Å². The number of sulfone groups is 1. The molecule has 0 aromatic heterocycles. The molecule has 0 aliphatic rings. The molecule has 0 saturated heterocycles. The van der Waals surface area contributed by atoms with Gasteiger partial charge in [-0.25, -0.2) is 12.8 Å². The largest absolute Gasteiger partial charge is 0.492 e. The average molecular weight is 521 g/mol. The molecule has 0 fully saturated rings. The van der Waals surface area contributed by atoms with Gasteiger partial charge < -0.3 is 15.0 Å². The Balaban J connectivity index is 0.00000392. The summed E-state index contributed by atoms with van der Waals surface area (Å²) in [5.74, 6) is 0.346. The highest BCUT2D eigenvalue weighted by Gasteiger charge is 2.18. The monoisotopic (exact) mass is 521 g/mol. The number of nitrogens with one attached hydrogen (secondary N) is 1. The van der Waals surface area contributed by atoms with E-state index < -0.39 is 15.7 Å². The molecule has 2 aromatic rings. The molecule has 154 valence electrons.